The van der Waals surface area contributed by atoms with Crippen LogP contribution in [0.4, 0.5) is 13.2 Å². The highest BCUT2D eigenvalue weighted by molar-refractivity contribution is 7.91. The van der Waals surface area contributed by atoms with Crippen molar-refractivity contribution in [2.45, 2.75) is 30.0 Å². The van der Waals surface area contributed by atoms with Crippen molar-refractivity contribution in [1.82, 2.24) is 14.5 Å². The highest BCUT2D eigenvalue weighted by atomic mass is 32.2. The lowest BCUT2D eigenvalue weighted by Crippen LogP contribution is -2.28. The first-order valence-electron chi connectivity index (χ1n) is 7.06. The van der Waals surface area contributed by atoms with Gasteiger partial charge in [0.2, 0.25) is 10.0 Å². The first-order chi connectivity index (χ1) is 11.3. The minimum absolute atomic E-state index is 0.0169. The molecule has 3 rings (SSSR count). The summed E-state index contributed by atoms with van der Waals surface area (Å²) in [5, 5.41) is 5.26. The lowest BCUT2D eigenvalue weighted by molar-refractivity contribution is -0.142. The maximum absolute atomic E-state index is 13.0. The summed E-state index contributed by atoms with van der Waals surface area (Å²) in [6.07, 6.45) is -4.25. The van der Waals surface area contributed by atoms with Crippen LogP contribution in [-0.2, 0) is 40.5 Å². The van der Waals surface area contributed by atoms with Gasteiger partial charge in [-0.25, -0.2) is 13.1 Å². The largest absolute Gasteiger partial charge is 0.435 e. The average Bonchev–Trinajstić information content (AvgIpc) is 3.15. The van der Waals surface area contributed by atoms with Crippen LogP contribution in [-0.4, -0.2) is 31.3 Å². The number of alkyl halides is 3. The van der Waals surface area contributed by atoms with Gasteiger partial charge in [0.15, 0.2) is 5.69 Å². The van der Waals surface area contributed by atoms with Crippen LogP contribution in [0.2, 0.25) is 0 Å². The molecule has 0 amide bonds. The quantitative estimate of drug-likeness (QED) is 0.860. The topological polar surface area (TPSA) is 73.2 Å². The predicted molar refractivity (Wildman–Crippen MR) is 80.1 cm³/mol. The Bertz CT molecular complexity index is 814. The Morgan fingerprint density at radius 2 is 2.21 bits per heavy atom. The van der Waals surface area contributed by atoms with E-state index >= 15 is 0 Å². The van der Waals surface area contributed by atoms with Crippen molar-refractivity contribution in [1.29, 1.82) is 0 Å². The second-order valence-electron chi connectivity index (χ2n) is 5.13. The van der Waals surface area contributed by atoms with Gasteiger partial charge < -0.3 is 4.74 Å². The fourth-order valence-corrected chi connectivity index (χ4v) is 4.55. The third-order valence-electron chi connectivity index (χ3n) is 3.54. The molecule has 2 aromatic rings. The minimum atomic E-state index is -4.56. The molecule has 1 aliphatic rings. The molecule has 0 bridgehead atoms. The highest BCUT2D eigenvalue weighted by Gasteiger charge is 2.39. The number of halogens is 3. The molecule has 1 N–H and O–H groups in total. The SMILES string of the molecule is O=S(=O)(NCCn1nc(C(F)(F)F)c2c1CCOC2)c1cccs1. The maximum atomic E-state index is 13.0. The summed E-state index contributed by atoms with van der Waals surface area (Å²) in [6, 6.07) is 3.07. The van der Waals surface area contributed by atoms with Crippen molar-refractivity contribution in [2.75, 3.05) is 13.2 Å². The van der Waals surface area contributed by atoms with Crippen molar-refractivity contribution in [3.63, 3.8) is 0 Å². The summed E-state index contributed by atoms with van der Waals surface area (Å²) < 4.78 is 72.0. The van der Waals surface area contributed by atoms with Gasteiger partial charge in [0.05, 0.1) is 19.8 Å². The Morgan fingerprint density at radius 3 is 2.88 bits per heavy atom. The molecule has 1 aliphatic heterocycles. The van der Waals surface area contributed by atoms with Gasteiger partial charge in [-0.05, 0) is 11.4 Å². The molecule has 0 radical (unpaired) electrons. The Labute approximate surface area is 140 Å². The number of hydrogen-bond donors (Lipinski definition) is 1. The Hall–Kier alpha value is -1.43. The van der Waals surface area contributed by atoms with Crippen LogP contribution in [0.25, 0.3) is 0 Å². The summed E-state index contributed by atoms with van der Waals surface area (Å²) in [7, 11) is -3.65. The van der Waals surface area contributed by atoms with Gasteiger partial charge in [0.25, 0.3) is 0 Å². The van der Waals surface area contributed by atoms with E-state index in [1.165, 1.54) is 10.7 Å². The van der Waals surface area contributed by atoms with Crippen LogP contribution in [0.5, 0.6) is 0 Å². The number of rotatable bonds is 5. The summed E-state index contributed by atoms with van der Waals surface area (Å²) >= 11 is 1.07. The van der Waals surface area contributed by atoms with Gasteiger partial charge in [0.1, 0.15) is 4.21 Å². The van der Waals surface area contributed by atoms with Crippen LogP contribution in [0.1, 0.15) is 17.0 Å². The van der Waals surface area contributed by atoms with E-state index in [0.717, 1.165) is 11.3 Å². The Balaban J connectivity index is 1.75. The standard InChI is InChI=1S/C13H14F3N3O3S2/c14-13(15,16)12-9-8-22-6-3-10(9)19(18-12)5-4-17-24(20,21)11-2-1-7-23-11/h1-2,7,17H,3-6,8H2. The van der Waals surface area contributed by atoms with Crippen LogP contribution < -0.4 is 4.72 Å². The van der Waals surface area contributed by atoms with E-state index in [0.29, 0.717) is 18.7 Å². The summed E-state index contributed by atoms with van der Waals surface area (Å²) in [5.74, 6) is 0. The zero-order valence-corrected chi connectivity index (χ0v) is 14.0. The van der Waals surface area contributed by atoms with Gasteiger partial charge in [-0.3, -0.25) is 4.68 Å². The smallest absolute Gasteiger partial charge is 0.376 e. The Morgan fingerprint density at radius 1 is 1.42 bits per heavy atom. The number of nitrogens with one attached hydrogen (secondary N) is 1. The van der Waals surface area contributed by atoms with Crippen molar-refractivity contribution < 1.29 is 26.3 Å². The average molecular weight is 381 g/mol. The number of sulfonamides is 1. The molecule has 0 saturated heterocycles. The lowest BCUT2D eigenvalue weighted by Gasteiger charge is -2.15. The zero-order valence-electron chi connectivity index (χ0n) is 12.3. The van der Waals surface area contributed by atoms with E-state index in [-0.39, 0.29) is 29.5 Å². The summed E-state index contributed by atoms with van der Waals surface area (Å²) in [5.41, 5.74) is -0.475. The van der Waals surface area contributed by atoms with Crippen LogP contribution in [0.15, 0.2) is 21.7 Å². The maximum Gasteiger partial charge on any atom is 0.435 e. The van der Waals surface area contributed by atoms with Crippen molar-refractivity contribution >= 4 is 21.4 Å². The first kappa shape index (κ1) is 17.4. The van der Waals surface area contributed by atoms with Crippen molar-refractivity contribution in [2.24, 2.45) is 0 Å². The van der Waals surface area contributed by atoms with Gasteiger partial charge >= 0.3 is 6.18 Å². The lowest BCUT2D eigenvalue weighted by atomic mass is 10.1. The fraction of sp³-hybridized carbons (Fsp3) is 0.462. The number of nitrogens with zero attached hydrogens (tertiary/aromatic N) is 2. The van der Waals surface area contributed by atoms with Crippen LogP contribution in [0.3, 0.4) is 0 Å². The molecule has 0 unspecified atom stereocenters. The van der Waals surface area contributed by atoms with Gasteiger partial charge in [-0.2, -0.15) is 18.3 Å². The molecule has 132 valence electrons. The van der Waals surface area contributed by atoms with Crippen molar-refractivity contribution in [3.8, 4) is 0 Å². The second kappa shape index (κ2) is 6.47. The molecule has 24 heavy (non-hydrogen) atoms. The molecule has 2 aromatic heterocycles. The van der Waals surface area contributed by atoms with E-state index in [2.05, 4.69) is 9.82 Å². The second-order valence-corrected chi connectivity index (χ2v) is 8.07. The number of thiophene rings is 1. The van der Waals surface area contributed by atoms with Gasteiger partial charge in [-0.15, -0.1) is 11.3 Å². The molecule has 0 aliphatic carbocycles. The molecule has 11 heteroatoms. The zero-order chi connectivity index (χ0) is 17.4. The van der Waals surface area contributed by atoms with Crippen LogP contribution >= 0.6 is 11.3 Å². The summed E-state index contributed by atoms with van der Waals surface area (Å²) in [6.45, 7) is 0.150. The highest BCUT2D eigenvalue weighted by Crippen LogP contribution is 2.34. The number of aromatic nitrogens is 2. The molecular formula is C13H14F3N3O3S2. The van der Waals surface area contributed by atoms with E-state index in [1.807, 2.05) is 0 Å². The molecule has 3 heterocycles. The minimum Gasteiger partial charge on any atom is -0.376 e. The van der Waals surface area contributed by atoms with E-state index in [4.69, 9.17) is 4.74 Å². The molecule has 0 spiro atoms. The molecular weight excluding hydrogens is 367 g/mol. The third-order valence-corrected chi connectivity index (χ3v) is 6.40. The Kier molecular flexibility index (Phi) is 4.69. The summed E-state index contributed by atoms with van der Waals surface area (Å²) in [4.78, 5) is 0. The number of ether oxygens (including phenoxy) is 1. The third kappa shape index (κ3) is 3.48. The molecule has 0 atom stereocenters. The fourth-order valence-electron chi connectivity index (χ4n) is 2.49. The number of fused-ring (bicyclic) bond motifs is 1. The molecule has 0 fully saturated rings. The van der Waals surface area contributed by atoms with Crippen LogP contribution in [0, 0.1) is 0 Å². The van der Waals surface area contributed by atoms with E-state index in [9.17, 15) is 21.6 Å². The normalized spacial score (nSPS) is 15.5. The van der Waals surface area contributed by atoms with Gasteiger partial charge in [-0.1, -0.05) is 6.07 Å². The predicted octanol–water partition coefficient (Wildman–Crippen LogP) is 2.01. The first-order valence-corrected chi connectivity index (χ1v) is 9.42. The number of hydrogen-bond acceptors (Lipinski definition) is 5. The van der Waals surface area contributed by atoms with Crippen molar-refractivity contribution in [3.05, 3.63) is 34.5 Å². The van der Waals surface area contributed by atoms with Gasteiger partial charge in [0, 0.05) is 24.2 Å². The van der Waals surface area contributed by atoms with E-state index < -0.39 is 21.9 Å². The monoisotopic (exact) mass is 381 g/mol. The molecule has 0 aromatic carbocycles. The molecule has 6 nitrogen and oxygen atoms in total. The van der Waals surface area contributed by atoms with E-state index in [1.54, 1.807) is 11.4 Å². The molecule has 0 saturated carbocycles.